The molecule has 48 valence electrons. The average Bonchev–Trinajstić information content (AvgIpc) is 1.31. The molecule has 0 aromatic carbocycles. The summed E-state index contributed by atoms with van der Waals surface area (Å²) in [6.45, 7) is 0. The van der Waals surface area contributed by atoms with Crippen LogP contribution in [0.25, 0.3) is 0 Å². The zero-order chi connectivity index (χ0) is 6.08. The standard InChI is InChI=1S/C2HCl3O2.In.3H/c3-2(4,5)1(6)7;;;;/h(H,6,7);;;;. The van der Waals surface area contributed by atoms with Crippen LogP contribution in [0.5, 0.6) is 0 Å². The second-order valence-electron chi connectivity index (χ2n) is 0.803. The van der Waals surface area contributed by atoms with Gasteiger partial charge in [-0.05, 0) is 0 Å². The van der Waals surface area contributed by atoms with Crippen molar-refractivity contribution in [2.75, 3.05) is 0 Å². The molecule has 0 radical (unpaired) electrons. The predicted molar refractivity (Wildman–Crippen MR) is 37.9 cm³/mol. The van der Waals surface area contributed by atoms with Gasteiger partial charge in [-0.15, -0.1) is 0 Å². The van der Waals surface area contributed by atoms with Crippen LogP contribution in [0.3, 0.4) is 0 Å². The average molecular weight is 281 g/mol. The van der Waals surface area contributed by atoms with Gasteiger partial charge in [0.2, 0.25) is 0 Å². The summed E-state index contributed by atoms with van der Waals surface area (Å²) in [5, 5.41) is 7.85. The van der Waals surface area contributed by atoms with Gasteiger partial charge in [-0.1, -0.05) is 34.8 Å². The van der Waals surface area contributed by atoms with Gasteiger partial charge in [-0.25, -0.2) is 4.79 Å². The maximum atomic E-state index is 9.62. The van der Waals surface area contributed by atoms with Crippen LogP contribution >= 0.6 is 34.8 Å². The second-order valence-corrected chi connectivity index (χ2v) is 3.08. The van der Waals surface area contributed by atoms with Gasteiger partial charge in [0.15, 0.2) is 0 Å². The van der Waals surface area contributed by atoms with Crippen LogP contribution in [0.1, 0.15) is 0 Å². The Morgan fingerprint density at radius 2 is 1.50 bits per heavy atom. The first-order valence-electron chi connectivity index (χ1n) is 1.24. The molecule has 0 aliphatic rings. The Balaban J connectivity index is 0. The normalized spacial score (nSPS) is 9.88. The van der Waals surface area contributed by atoms with E-state index in [4.69, 9.17) is 39.9 Å². The van der Waals surface area contributed by atoms with E-state index in [2.05, 4.69) is 0 Å². The molecule has 8 heavy (non-hydrogen) atoms. The molecule has 0 aromatic heterocycles. The molecule has 1 N–H and O–H groups in total. The van der Waals surface area contributed by atoms with Gasteiger partial charge in [0.1, 0.15) is 0 Å². The van der Waals surface area contributed by atoms with Crippen LogP contribution in [0, 0.1) is 0 Å². The van der Waals surface area contributed by atoms with Crippen molar-refractivity contribution in [2.24, 2.45) is 0 Å². The van der Waals surface area contributed by atoms with E-state index in [1.807, 2.05) is 0 Å². The molecule has 0 aliphatic carbocycles. The predicted octanol–water partition coefficient (Wildman–Crippen LogP) is 0.257. The molecule has 0 aromatic rings. The van der Waals surface area contributed by atoms with Crippen LogP contribution in [0.4, 0.5) is 0 Å². The van der Waals surface area contributed by atoms with Crippen molar-refractivity contribution < 1.29 is 9.90 Å². The summed E-state index contributed by atoms with van der Waals surface area (Å²) in [6, 6.07) is 0. The molecule has 0 saturated carbocycles. The van der Waals surface area contributed by atoms with E-state index >= 15 is 0 Å². The van der Waals surface area contributed by atoms with E-state index in [0.29, 0.717) is 0 Å². The number of hydrogen-bond acceptors (Lipinski definition) is 1. The number of carboxylic acids is 1. The number of carboxylic acid groups (broad SMARTS) is 1. The molecule has 2 nitrogen and oxygen atoms in total. The molecular weight excluding hydrogens is 277 g/mol. The molecule has 0 fully saturated rings. The van der Waals surface area contributed by atoms with E-state index in [-0.39, 0.29) is 25.8 Å². The van der Waals surface area contributed by atoms with Gasteiger partial charge in [-0.3, -0.25) is 0 Å². The molecule has 0 saturated heterocycles. The number of carbonyl (C=O) groups is 1. The maximum absolute atomic E-state index is 9.62. The number of rotatable bonds is 0. The topological polar surface area (TPSA) is 37.3 Å². The summed E-state index contributed by atoms with van der Waals surface area (Å²) in [5.41, 5.74) is 0. The van der Waals surface area contributed by atoms with Gasteiger partial charge in [0.05, 0.1) is 0 Å². The fourth-order valence-electron chi connectivity index (χ4n) is 0. The SMILES string of the molecule is O=C(O)C(Cl)(Cl)Cl.[InH3]. The third kappa shape index (κ3) is 5.35. The Bertz CT molecular complexity index is 87.8. The number of halogens is 3. The number of aliphatic carboxylic acids is 1. The van der Waals surface area contributed by atoms with E-state index in [1.54, 1.807) is 0 Å². The van der Waals surface area contributed by atoms with Crippen LogP contribution in [0.2, 0.25) is 0 Å². The Hall–Kier alpha value is 1.21. The third-order valence-corrected chi connectivity index (χ3v) is 0.728. The van der Waals surface area contributed by atoms with Gasteiger partial charge in [-0.2, -0.15) is 0 Å². The van der Waals surface area contributed by atoms with Gasteiger partial charge in [0, 0.05) is 0 Å². The number of alkyl halides is 3. The van der Waals surface area contributed by atoms with E-state index in [9.17, 15) is 4.79 Å². The molecule has 0 rings (SSSR count). The third-order valence-electron chi connectivity index (χ3n) is 0.243. The quantitative estimate of drug-likeness (QED) is 0.647. The van der Waals surface area contributed by atoms with Crippen molar-refractivity contribution >= 4 is 66.6 Å². The zero-order valence-electron chi connectivity index (χ0n) is 2.99. The van der Waals surface area contributed by atoms with Crippen LogP contribution in [-0.4, -0.2) is 40.7 Å². The Morgan fingerprint density at radius 1 is 1.38 bits per heavy atom. The summed E-state index contributed by atoms with van der Waals surface area (Å²) < 4.78 is -2.17. The molecule has 0 atom stereocenters. The van der Waals surface area contributed by atoms with Crippen molar-refractivity contribution in [1.29, 1.82) is 0 Å². The minimum absolute atomic E-state index is 0. The molecule has 0 unspecified atom stereocenters. The Morgan fingerprint density at radius 3 is 1.50 bits per heavy atom. The molecule has 0 amide bonds. The van der Waals surface area contributed by atoms with Gasteiger partial charge >= 0.3 is 31.8 Å². The van der Waals surface area contributed by atoms with Crippen molar-refractivity contribution in [3.63, 3.8) is 0 Å². The van der Waals surface area contributed by atoms with Gasteiger partial charge in [0.25, 0.3) is 3.79 Å². The van der Waals surface area contributed by atoms with E-state index in [1.165, 1.54) is 0 Å². The summed E-state index contributed by atoms with van der Waals surface area (Å²) in [7, 11) is 0. The molecule has 0 aliphatic heterocycles. The summed E-state index contributed by atoms with van der Waals surface area (Å²) in [6.07, 6.45) is 0. The zero-order valence-corrected chi connectivity index (χ0v) is 5.26. The number of hydrogen-bond donors (Lipinski definition) is 1. The Kier molecular flexibility index (Phi) is 6.11. The molecule has 0 bridgehead atoms. The van der Waals surface area contributed by atoms with Crippen molar-refractivity contribution in [1.82, 2.24) is 0 Å². The fraction of sp³-hybridized carbons (Fsp3) is 0.500. The van der Waals surface area contributed by atoms with Crippen molar-refractivity contribution in [3.05, 3.63) is 0 Å². The molecule has 0 spiro atoms. The fourth-order valence-corrected chi connectivity index (χ4v) is 0. The van der Waals surface area contributed by atoms with Crippen LogP contribution in [-0.2, 0) is 4.79 Å². The summed E-state index contributed by atoms with van der Waals surface area (Å²) in [5.74, 6) is -1.46. The van der Waals surface area contributed by atoms with Gasteiger partial charge < -0.3 is 5.11 Å². The first-order chi connectivity index (χ1) is 2.94. The molecule has 0 heterocycles. The second kappa shape index (κ2) is 4.09. The first kappa shape index (κ1) is 11.9. The minimum atomic E-state index is -2.17. The first-order valence-corrected chi connectivity index (χ1v) is 2.38. The van der Waals surface area contributed by atoms with Crippen molar-refractivity contribution in [3.8, 4) is 0 Å². The monoisotopic (exact) mass is 280 g/mol. The van der Waals surface area contributed by atoms with E-state index in [0.717, 1.165) is 0 Å². The van der Waals surface area contributed by atoms with Crippen LogP contribution in [0.15, 0.2) is 0 Å². The van der Waals surface area contributed by atoms with Crippen molar-refractivity contribution in [2.45, 2.75) is 3.79 Å². The molecular formula is C2H4Cl3InO2. The van der Waals surface area contributed by atoms with Crippen LogP contribution < -0.4 is 0 Å². The Labute approximate surface area is 79.9 Å². The van der Waals surface area contributed by atoms with E-state index < -0.39 is 9.76 Å². The molecule has 6 heteroatoms. The summed E-state index contributed by atoms with van der Waals surface area (Å²) >= 11 is 14.4. The summed E-state index contributed by atoms with van der Waals surface area (Å²) in [4.78, 5) is 9.62.